The third-order valence-electron chi connectivity index (χ3n) is 3.25. The van der Waals surface area contributed by atoms with Gasteiger partial charge in [-0.3, -0.25) is 9.69 Å². The summed E-state index contributed by atoms with van der Waals surface area (Å²) in [5, 5.41) is 2.88. The monoisotopic (exact) mass is 259 g/mol. The number of nitrogens with zero attached hydrogens (tertiary/aromatic N) is 1. The number of hydrogen-bond donors (Lipinski definition) is 2. The maximum absolute atomic E-state index is 11.7. The van der Waals surface area contributed by atoms with Crippen molar-refractivity contribution in [1.29, 1.82) is 0 Å². The van der Waals surface area contributed by atoms with Gasteiger partial charge in [-0.15, -0.1) is 0 Å². The van der Waals surface area contributed by atoms with Gasteiger partial charge in [0.1, 0.15) is 6.04 Å². The van der Waals surface area contributed by atoms with Gasteiger partial charge in [0.25, 0.3) is 0 Å². The van der Waals surface area contributed by atoms with E-state index in [4.69, 9.17) is 15.2 Å². The van der Waals surface area contributed by atoms with Gasteiger partial charge >= 0.3 is 0 Å². The summed E-state index contributed by atoms with van der Waals surface area (Å²) in [5.74, 6) is -0.168. The molecular weight excluding hydrogens is 234 g/mol. The molecule has 0 bridgehead atoms. The van der Waals surface area contributed by atoms with Crippen molar-refractivity contribution in [2.45, 2.75) is 25.4 Å². The van der Waals surface area contributed by atoms with E-state index >= 15 is 0 Å². The van der Waals surface area contributed by atoms with Crippen LogP contribution in [-0.2, 0) is 14.3 Å². The van der Waals surface area contributed by atoms with Crippen LogP contribution in [0.5, 0.6) is 0 Å². The first-order valence-corrected chi connectivity index (χ1v) is 6.32. The molecule has 1 heterocycles. The van der Waals surface area contributed by atoms with E-state index in [1.807, 2.05) is 0 Å². The van der Waals surface area contributed by atoms with Crippen LogP contribution in [0.25, 0.3) is 0 Å². The fourth-order valence-corrected chi connectivity index (χ4v) is 1.97. The topological polar surface area (TPSA) is 76.8 Å². The molecule has 1 saturated heterocycles. The Hall–Kier alpha value is -0.690. The summed E-state index contributed by atoms with van der Waals surface area (Å²) in [4.78, 5) is 14.0. The molecule has 0 aliphatic carbocycles. The summed E-state index contributed by atoms with van der Waals surface area (Å²) in [7, 11) is 1.53. The molecule has 0 aromatic heterocycles. The zero-order chi connectivity index (χ0) is 13.6. The Bertz CT molecular complexity index is 265. The first-order chi connectivity index (χ1) is 8.47. The quantitative estimate of drug-likeness (QED) is 0.652. The number of hydrogen-bond acceptors (Lipinski definition) is 5. The average Bonchev–Trinajstić information content (AvgIpc) is 2.37. The summed E-state index contributed by atoms with van der Waals surface area (Å²) in [6.07, 6.45) is 0. The largest absolute Gasteiger partial charge is 0.383 e. The first-order valence-electron chi connectivity index (χ1n) is 6.32. The number of carbonyl (C=O) groups is 1. The molecule has 1 atom stereocenters. The third-order valence-corrected chi connectivity index (χ3v) is 3.25. The molecule has 0 aromatic rings. The van der Waals surface area contributed by atoms with Gasteiger partial charge in [-0.05, 0) is 13.8 Å². The minimum Gasteiger partial charge on any atom is -0.383 e. The molecule has 1 amide bonds. The van der Waals surface area contributed by atoms with E-state index in [1.165, 1.54) is 7.11 Å². The van der Waals surface area contributed by atoms with Crippen molar-refractivity contribution >= 4 is 5.91 Å². The lowest BCUT2D eigenvalue weighted by molar-refractivity contribution is -0.124. The SMILES string of the molecule is COCC(N)C(=O)NCC(C)(C)N1CCOCC1. The van der Waals surface area contributed by atoms with Crippen LogP contribution in [-0.4, -0.2) is 69.0 Å². The smallest absolute Gasteiger partial charge is 0.239 e. The molecule has 1 fully saturated rings. The predicted octanol–water partition coefficient (Wildman–Crippen LogP) is -0.813. The number of nitrogens with two attached hydrogens (primary N) is 1. The second-order valence-corrected chi connectivity index (χ2v) is 5.19. The third kappa shape index (κ3) is 4.53. The fraction of sp³-hybridized carbons (Fsp3) is 0.917. The van der Waals surface area contributed by atoms with E-state index in [0.717, 1.165) is 26.3 Å². The van der Waals surface area contributed by atoms with E-state index < -0.39 is 6.04 Å². The van der Waals surface area contributed by atoms with E-state index in [0.29, 0.717) is 6.54 Å². The van der Waals surface area contributed by atoms with E-state index in [1.54, 1.807) is 0 Å². The molecule has 1 aliphatic heterocycles. The summed E-state index contributed by atoms with van der Waals surface area (Å²) in [5.41, 5.74) is 5.57. The van der Waals surface area contributed by atoms with Crippen molar-refractivity contribution in [2.24, 2.45) is 5.73 Å². The molecule has 0 aromatic carbocycles. The van der Waals surface area contributed by atoms with Crippen LogP contribution in [0.2, 0.25) is 0 Å². The number of nitrogens with one attached hydrogen (secondary N) is 1. The Morgan fingerprint density at radius 1 is 1.50 bits per heavy atom. The Balaban J connectivity index is 2.38. The molecule has 106 valence electrons. The van der Waals surface area contributed by atoms with Crippen molar-refractivity contribution in [3.63, 3.8) is 0 Å². The van der Waals surface area contributed by atoms with Crippen LogP contribution in [0.4, 0.5) is 0 Å². The van der Waals surface area contributed by atoms with Crippen LogP contribution < -0.4 is 11.1 Å². The zero-order valence-electron chi connectivity index (χ0n) is 11.6. The fourth-order valence-electron chi connectivity index (χ4n) is 1.97. The normalized spacial score (nSPS) is 19.6. The van der Waals surface area contributed by atoms with Crippen LogP contribution in [0.1, 0.15) is 13.8 Å². The highest BCUT2D eigenvalue weighted by atomic mass is 16.5. The van der Waals surface area contributed by atoms with Crippen molar-refractivity contribution in [2.75, 3.05) is 46.6 Å². The van der Waals surface area contributed by atoms with Crippen LogP contribution in [0.15, 0.2) is 0 Å². The van der Waals surface area contributed by atoms with Gasteiger partial charge in [-0.25, -0.2) is 0 Å². The van der Waals surface area contributed by atoms with Gasteiger partial charge in [0, 0.05) is 32.3 Å². The summed E-state index contributed by atoms with van der Waals surface area (Å²) in [6, 6.07) is -0.601. The first kappa shape index (κ1) is 15.4. The van der Waals surface area contributed by atoms with Crippen molar-refractivity contribution in [1.82, 2.24) is 10.2 Å². The van der Waals surface area contributed by atoms with Gasteiger partial charge in [-0.1, -0.05) is 0 Å². The van der Waals surface area contributed by atoms with Gasteiger partial charge in [0.15, 0.2) is 0 Å². The molecule has 1 unspecified atom stereocenters. The van der Waals surface area contributed by atoms with E-state index in [2.05, 4.69) is 24.1 Å². The molecule has 0 radical (unpaired) electrons. The average molecular weight is 259 g/mol. The van der Waals surface area contributed by atoms with Crippen molar-refractivity contribution < 1.29 is 14.3 Å². The molecule has 1 rings (SSSR count). The summed E-state index contributed by atoms with van der Waals surface area (Å²) in [6.45, 7) is 8.33. The molecular formula is C12H25N3O3. The minimum absolute atomic E-state index is 0.0910. The minimum atomic E-state index is -0.601. The molecule has 1 aliphatic rings. The number of amides is 1. The van der Waals surface area contributed by atoms with Crippen molar-refractivity contribution in [3.05, 3.63) is 0 Å². The molecule has 0 saturated carbocycles. The highest BCUT2D eigenvalue weighted by Crippen LogP contribution is 2.14. The highest BCUT2D eigenvalue weighted by Gasteiger charge is 2.29. The second kappa shape index (κ2) is 7.04. The molecule has 6 nitrogen and oxygen atoms in total. The number of carbonyl (C=O) groups excluding carboxylic acids is 1. The lowest BCUT2D eigenvalue weighted by atomic mass is 10.0. The van der Waals surface area contributed by atoms with Gasteiger partial charge < -0.3 is 20.5 Å². The molecule has 18 heavy (non-hydrogen) atoms. The number of ether oxygens (including phenoxy) is 2. The number of rotatable bonds is 6. The number of methoxy groups -OCH3 is 1. The summed E-state index contributed by atoms with van der Waals surface area (Å²) >= 11 is 0. The molecule has 0 spiro atoms. The number of morpholine rings is 1. The van der Waals surface area contributed by atoms with Gasteiger partial charge in [0.05, 0.1) is 19.8 Å². The Morgan fingerprint density at radius 2 is 2.11 bits per heavy atom. The maximum Gasteiger partial charge on any atom is 0.239 e. The molecule has 3 N–H and O–H groups in total. The summed E-state index contributed by atoms with van der Waals surface area (Å²) < 4.78 is 10.2. The van der Waals surface area contributed by atoms with Gasteiger partial charge in [-0.2, -0.15) is 0 Å². The Morgan fingerprint density at radius 3 is 2.67 bits per heavy atom. The standard InChI is InChI=1S/C12H25N3O3/c1-12(2,15-4-6-18-7-5-15)9-14-11(16)10(13)8-17-3/h10H,4-9,13H2,1-3H3,(H,14,16). The Kier molecular flexibility index (Phi) is 6.01. The van der Waals surface area contributed by atoms with Crippen LogP contribution in [0, 0.1) is 0 Å². The van der Waals surface area contributed by atoms with Crippen molar-refractivity contribution in [3.8, 4) is 0 Å². The van der Waals surface area contributed by atoms with E-state index in [-0.39, 0.29) is 18.1 Å². The van der Waals surface area contributed by atoms with E-state index in [9.17, 15) is 4.79 Å². The lowest BCUT2D eigenvalue weighted by Gasteiger charge is -2.41. The second-order valence-electron chi connectivity index (χ2n) is 5.19. The lowest BCUT2D eigenvalue weighted by Crippen LogP contribution is -2.57. The highest BCUT2D eigenvalue weighted by molar-refractivity contribution is 5.81. The van der Waals surface area contributed by atoms with Gasteiger partial charge in [0.2, 0.25) is 5.91 Å². The predicted molar refractivity (Wildman–Crippen MR) is 69.3 cm³/mol. The zero-order valence-corrected chi connectivity index (χ0v) is 11.6. The van der Waals surface area contributed by atoms with Crippen LogP contribution in [0.3, 0.4) is 0 Å². The maximum atomic E-state index is 11.7. The van der Waals surface area contributed by atoms with Crippen LogP contribution >= 0.6 is 0 Å². The molecule has 6 heteroatoms. The Labute approximate surface area is 109 Å².